The number of hydrogen-bond acceptors (Lipinski definition) is 4. The number of hydrogen-bond donors (Lipinski definition) is 0. The van der Waals surface area contributed by atoms with Crippen LogP contribution in [0.15, 0.2) is 0 Å². The zero-order chi connectivity index (χ0) is 13.0. The van der Waals surface area contributed by atoms with Crippen LogP contribution in [-0.2, 0) is 12.1 Å². The van der Waals surface area contributed by atoms with Gasteiger partial charge >= 0.3 is 112 Å². The summed E-state index contributed by atoms with van der Waals surface area (Å²) in [6.07, 6.45) is 3.82. The van der Waals surface area contributed by atoms with Crippen molar-refractivity contribution in [3.8, 4) is 0 Å². The van der Waals surface area contributed by atoms with Crippen molar-refractivity contribution in [1.29, 1.82) is 0 Å². The molecule has 0 aliphatic carbocycles. The summed E-state index contributed by atoms with van der Waals surface area (Å²) in [5.41, 5.74) is 0. The third-order valence-electron chi connectivity index (χ3n) is 1.81. The Hall–Kier alpha value is 0.658. The van der Waals surface area contributed by atoms with E-state index in [4.69, 9.17) is 12.1 Å². The minimum absolute atomic E-state index is 0.655. The van der Waals surface area contributed by atoms with E-state index < -0.39 is 20.5 Å². The zero-order valence-corrected chi connectivity index (χ0v) is 14.3. The van der Waals surface area contributed by atoms with Crippen molar-refractivity contribution >= 4 is 20.5 Å². The summed E-state index contributed by atoms with van der Waals surface area (Å²) in [7, 11) is 0. The van der Waals surface area contributed by atoms with E-state index in [0.29, 0.717) is 26.4 Å². The van der Waals surface area contributed by atoms with Crippen LogP contribution in [0, 0.1) is 0 Å². The maximum atomic E-state index is 5.82. The maximum absolute atomic E-state index is 5.82. The van der Waals surface area contributed by atoms with Gasteiger partial charge in [-0.25, -0.2) is 0 Å². The summed E-state index contributed by atoms with van der Waals surface area (Å²) < 4.78 is 23.3. The molecule has 0 saturated carbocycles. The molecule has 0 rings (SSSR count). The Kier molecular flexibility index (Phi) is 12.2. The molecule has 0 fully saturated rings. The van der Waals surface area contributed by atoms with Gasteiger partial charge in [0.1, 0.15) is 0 Å². The summed E-state index contributed by atoms with van der Waals surface area (Å²) in [6.45, 7) is 10.9. The molecule has 0 amide bonds. The third kappa shape index (κ3) is 8.39. The Bertz CT molecular complexity index is 129. The van der Waals surface area contributed by atoms with Crippen molar-refractivity contribution < 1.29 is 12.1 Å². The molecule has 0 bridgehead atoms. The van der Waals surface area contributed by atoms with E-state index in [-0.39, 0.29) is 0 Å². The quantitative estimate of drug-likeness (QED) is 0.503. The molecule has 0 atom stereocenters. The molecule has 0 aliphatic heterocycles. The Morgan fingerprint density at radius 2 is 0.765 bits per heavy atom. The predicted octanol–water partition coefficient (Wildman–Crippen LogP) is 3.13. The molecule has 0 spiro atoms. The molecule has 105 valence electrons. The fraction of sp³-hybridized carbons (Fsp3) is 1.00. The van der Waals surface area contributed by atoms with Crippen molar-refractivity contribution in [2.24, 2.45) is 0 Å². The standard InChI is InChI=1S/4C3H7O.Sb/c4*1-2-3-4;/h4*2-3H2,1H3;/q4*-1;+4. The molecule has 5 heteroatoms. The van der Waals surface area contributed by atoms with Crippen molar-refractivity contribution in [3.63, 3.8) is 0 Å². The van der Waals surface area contributed by atoms with E-state index in [9.17, 15) is 0 Å². The van der Waals surface area contributed by atoms with Crippen LogP contribution in [0.4, 0.5) is 0 Å². The Morgan fingerprint density at radius 1 is 0.529 bits per heavy atom. The molecule has 0 aromatic carbocycles. The SMILES string of the molecule is CCC[O][Sb]([O]CCC)([O]CCC)[O]CCC. The van der Waals surface area contributed by atoms with Crippen molar-refractivity contribution in [2.45, 2.75) is 53.4 Å². The van der Waals surface area contributed by atoms with E-state index in [0.717, 1.165) is 25.7 Å². The normalized spacial score (nSPS) is 12.0. The second-order valence-corrected chi connectivity index (χ2v) is 9.28. The van der Waals surface area contributed by atoms with Crippen LogP contribution in [0.25, 0.3) is 0 Å². The molecule has 0 saturated heterocycles. The van der Waals surface area contributed by atoms with Gasteiger partial charge in [0.25, 0.3) is 0 Å². The Labute approximate surface area is 112 Å². The van der Waals surface area contributed by atoms with E-state index >= 15 is 0 Å². The van der Waals surface area contributed by atoms with Crippen LogP contribution < -0.4 is 0 Å². The Balaban J connectivity index is 4.39. The van der Waals surface area contributed by atoms with Gasteiger partial charge in [0, 0.05) is 0 Å². The summed E-state index contributed by atoms with van der Waals surface area (Å²) >= 11 is -3.58. The average Bonchev–Trinajstić information content (AvgIpc) is 2.37. The van der Waals surface area contributed by atoms with Crippen molar-refractivity contribution in [1.82, 2.24) is 0 Å². The monoisotopic (exact) mass is 357 g/mol. The molecular formula is C12H28O4Sb. The molecule has 0 aromatic rings. The van der Waals surface area contributed by atoms with Crippen LogP contribution >= 0.6 is 0 Å². The van der Waals surface area contributed by atoms with Gasteiger partial charge in [-0.05, 0) is 0 Å². The van der Waals surface area contributed by atoms with Gasteiger partial charge in [-0.1, -0.05) is 0 Å². The molecule has 17 heavy (non-hydrogen) atoms. The molecule has 4 nitrogen and oxygen atoms in total. The molecular weight excluding hydrogens is 330 g/mol. The molecule has 1 radical (unpaired) electrons. The van der Waals surface area contributed by atoms with E-state index in [1.807, 2.05) is 0 Å². The molecule has 0 heterocycles. The van der Waals surface area contributed by atoms with E-state index in [1.54, 1.807) is 0 Å². The van der Waals surface area contributed by atoms with Crippen LogP contribution in [-0.4, -0.2) is 46.9 Å². The summed E-state index contributed by atoms with van der Waals surface area (Å²) in [6, 6.07) is 0. The van der Waals surface area contributed by atoms with Crippen LogP contribution in [0.2, 0.25) is 0 Å². The van der Waals surface area contributed by atoms with Crippen molar-refractivity contribution in [3.05, 3.63) is 0 Å². The topological polar surface area (TPSA) is 36.9 Å². The second-order valence-electron chi connectivity index (χ2n) is 3.78. The Morgan fingerprint density at radius 3 is 0.941 bits per heavy atom. The van der Waals surface area contributed by atoms with Gasteiger partial charge in [0.05, 0.1) is 0 Å². The molecule has 0 aliphatic rings. The number of rotatable bonds is 12. The molecule has 0 N–H and O–H groups in total. The summed E-state index contributed by atoms with van der Waals surface area (Å²) in [5, 5.41) is 0. The predicted molar refractivity (Wildman–Crippen MR) is 70.7 cm³/mol. The van der Waals surface area contributed by atoms with E-state index in [2.05, 4.69) is 27.7 Å². The van der Waals surface area contributed by atoms with Gasteiger partial charge in [0.15, 0.2) is 0 Å². The third-order valence-corrected chi connectivity index (χ3v) is 7.51. The van der Waals surface area contributed by atoms with Gasteiger partial charge in [0.2, 0.25) is 0 Å². The fourth-order valence-electron chi connectivity index (χ4n) is 1.04. The van der Waals surface area contributed by atoms with Gasteiger partial charge in [-0.2, -0.15) is 0 Å². The van der Waals surface area contributed by atoms with Crippen LogP contribution in [0.3, 0.4) is 0 Å². The van der Waals surface area contributed by atoms with Gasteiger partial charge in [-0.3, -0.25) is 0 Å². The van der Waals surface area contributed by atoms with Crippen LogP contribution in [0.5, 0.6) is 0 Å². The van der Waals surface area contributed by atoms with Crippen molar-refractivity contribution in [2.75, 3.05) is 26.4 Å². The molecule has 0 aromatic heterocycles. The summed E-state index contributed by atoms with van der Waals surface area (Å²) in [4.78, 5) is 0. The molecule has 0 unspecified atom stereocenters. The zero-order valence-electron chi connectivity index (χ0n) is 11.7. The van der Waals surface area contributed by atoms with Gasteiger partial charge < -0.3 is 0 Å². The first-order valence-corrected chi connectivity index (χ1v) is 10.9. The second kappa shape index (κ2) is 11.7. The van der Waals surface area contributed by atoms with Crippen LogP contribution in [0.1, 0.15) is 53.4 Å². The first-order chi connectivity index (χ1) is 8.24. The minimum atomic E-state index is -3.58. The first-order valence-electron chi connectivity index (χ1n) is 6.71. The van der Waals surface area contributed by atoms with E-state index in [1.165, 1.54) is 0 Å². The fourth-order valence-corrected chi connectivity index (χ4v) is 6.95. The first kappa shape index (κ1) is 17.7. The average molecular weight is 358 g/mol. The van der Waals surface area contributed by atoms with Gasteiger partial charge in [-0.15, -0.1) is 0 Å². The summed E-state index contributed by atoms with van der Waals surface area (Å²) in [5.74, 6) is 0.